The molecule has 0 saturated heterocycles. The Kier molecular flexibility index (Phi) is 5.07. The van der Waals surface area contributed by atoms with E-state index in [1.807, 2.05) is 20.8 Å². The van der Waals surface area contributed by atoms with Crippen molar-refractivity contribution >= 4 is 17.6 Å². The van der Waals surface area contributed by atoms with Crippen molar-refractivity contribution in [1.29, 1.82) is 0 Å². The summed E-state index contributed by atoms with van der Waals surface area (Å²) in [6, 6.07) is 11.8. The number of alkyl halides is 3. The van der Waals surface area contributed by atoms with Gasteiger partial charge in [0.05, 0.1) is 11.1 Å². The van der Waals surface area contributed by atoms with Crippen LogP contribution in [0.2, 0.25) is 0 Å². The number of aromatic carboxylic acids is 1. The Bertz CT molecular complexity index is 795. The quantitative estimate of drug-likeness (QED) is 0.713. The molecule has 2 aromatic carbocycles. The molecule has 0 fully saturated rings. The third-order valence-corrected chi connectivity index (χ3v) is 3.86. The molecule has 0 bridgehead atoms. The molecule has 2 rings (SSSR count). The van der Waals surface area contributed by atoms with Crippen LogP contribution in [0, 0.1) is 0 Å². The largest absolute Gasteiger partial charge is 0.478 e. The van der Waals surface area contributed by atoms with Crippen LogP contribution in [-0.2, 0) is 5.41 Å². The Morgan fingerprint density at radius 2 is 1.52 bits per heavy atom. The molecule has 25 heavy (non-hydrogen) atoms. The van der Waals surface area contributed by atoms with Gasteiger partial charge in [-0.2, -0.15) is 13.2 Å². The molecule has 1 N–H and O–H groups in total. The van der Waals surface area contributed by atoms with Crippen molar-refractivity contribution < 1.29 is 23.1 Å². The normalized spacial score (nSPS) is 13.0. The summed E-state index contributed by atoms with van der Waals surface area (Å²) in [6.45, 7) is 5.93. The number of carbonyl (C=O) groups is 1. The molecule has 0 saturated carbocycles. The van der Waals surface area contributed by atoms with Gasteiger partial charge in [-0.25, -0.2) is 4.79 Å². The van der Waals surface area contributed by atoms with E-state index in [-0.39, 0.29) is 22.1 Å². The van der Waals surface area contributed by atoms with Crippen LogP contribution in [0.4, 0.5) is 13.2 Å². The number of rotatable bonds is 3. The van der Waals surface area contributed by atoms with Crippen molar-refractivity contribution in [2.24, 2.45) is 0 Å². The lowest BCUT2D eigenvalue weighted by Gasteiger charge is -2.20. The van der Waals surface area contributed by atoms with Gasteiger partial charge in [0.25, 0.3) is 0 Å². The maximum atomic E-state index is 13.5. The van der Waals surface area contributed by atoms with Gasteiger partial charge in [-0.05, 0) is 34.2 Å². The maximum Gasteiger partial charge on any atom is 0.417 e. The van der Waals surface area contributed by atoms with E-state index in [1.165, 1.54) is 36.4 Å². The summed E-state index contributed by atoms with van der Waals surface area (Å²) in [6.07, 6.45) is -3.72. The summed E-state index contributed by atoms with van der Waals surface area (Å²) in [5, 5.41) is 9.17. The fourth-order valence-corrected chi connectivity index (χ4v) is 2.45. The predicted molar refractivity (Wildman–Crippen MR) is 92.5 cm³/mol. The van der Waals surface area contributed by atoms with Crippen LogP contribution in [0.5, 0.6) is 0 Å². The Labute approximate surface area is 144 Å². The minimum atomic E-state index is -4.60. The van der Waals surface area contributed by atoms with Crippen LogP contribution < -0.4 is 0 Å². The average molecular weight is 348 g/mol. The summed E-state index contributed by atoms with van der Waals surface area (Å²) in [5.41, 5.74) is -0.278. The van der Waals surface area contributed by atoms with Crippen LogP contribution >= 0.6 is 0 Å². The molecule has 0 radical (unpaired) electrons. The zero-order valence-corrected chi connectivity index (χ0v) is 14.2. The zero-order chi connectivity index (χ0) is 18.8. The van der Waals surface area contributed by atoms with Crippen LogP contribution in [0.25, 0.3) is 11.6 Å². The van der Waals surface area contributed by atoms with E-state index in [4.69, 9.17) is 5.11 Å². The first kappa shape index (κ1) is 18.8. The van der Waals surface area contributed by atoms with Gasteiger partial charge in [-0.1, -0.05) is 63.2 Å². The van der Waals surface area contributed by atoms with Gasteiger partial charge < -0.3 is 5.11 Å². The molecule has 0 aliphatic heterocycles. The molecule has 0 aliphatic rings. The Morgan fingerprint density at radius 1 is 0.960 bits per heavy atom. The van der Waals surface area contributed by atoms with Crippen LogP contribution in [-0.4, -0.2) is 17.3 Å². The molecule has 0 unspecified atom stereocenters. The van der Waals surface area contributed by atoms with Crippen LogP contribution in [0.15, 0.2) is 48.5 Å². The van der Waals surface area contributed by atoms with E-state index in [9.17, 15) is 18.0 Å². The fourth-order valence-electron chi connectivity index (χ4n) is 2.45. The first-order valence-corrected chi connectivity index (χ1v) is 7.72. The average Bonchev–Trinajstić information content (AvgIpc) is 2.51. The molecule has 0 heterocycles. The minimum Gasteiger partial charge on any atom is -0.478 e. The molecule has 0 aliphatic carbocycles. The third-order valence-electron chi connectivity index (χ3n) is 3.86. The Morgan fingerprint density at radius 3 is 2.00 bits per heavy atom. The van der Waals surface area contributed by atoms with Crippen LogP contribution in [0.1, 0.15) is 47.8 Å². The van der Waals surface area contributed by atoms with Crippen molar-refractivity contribution in [3.63, 3.8) is 0 Å². The Balaban J connectivity index is 2.57. The highest BCUT2D eigenvalue weighted by Gasteiger charge is 2.35. The first-order valence-electron chi connectivity index (χ1n) is 7.72. The summed E-state index contributed by atoms with van der Waals surface area (Å²) < 4.78 is 40.6. The summed E-state index contributed by atoms with van der Waals surface area (Å²) >= 11 is 0. The molecule has 5 heteroatoms. The highest BCUT2D eigenvalue weighted by Crippen LogP contribution is 2.36. The third kappa shape index (κ3) is 4.50. The molecule has 0 spiro atoms. The van der Waals surface area contributed by atoms with Gasteiger partial charge in [-0.3, -0.25) is 0 Å². The van der Waals surface area contributed by atoms with Crippen molar-refractivity contribution in [3.05, 3.63) is 70.8 Å². The van der Waals surface area contributed by atoms with Crippen molar-refractivity contribution in [2.75, 3.05) is 0 Å². The zero-order valence-electron chi connectivity index (χ0n) is 14.2. The second kappa shape index (κ2) is 6.75. The van der Waals surface area contributed by atoms with E-state index < -0.39 is 17.7 Å². The van der Waals surface area contributed by atoms with Crippen molar-refractivity contribution in [1.82, 2.24) is 0 Å². The van der Waals surface area contributed by atoms with E-state index >= 15 is 0 Å². The lowest BCUT2D eigenvalue weighted by Crippen LogP contribution is -2.13. The number of hydrogen-bond donors (Lipinski definition) is 1. The summed E-state index contributed by atoms with van der Waals surface area (Å²) in [5.74, 6) is -1.27. The van der Waals surface area contributed by atoms with Crippen molar-refractivity contribution in [2.45, 2.75) is 32.4 Å². The predicted octanol–water partition coefficient (Wildman–Crippen LogP) is 5.79. The van der Waals surface area contributed by atoms with Gasteiger partial charge in [0.2, 0.25) is 0 Å². The molecule has 132 valence electrons. The van der Waals surface area contributed by atoms with Gasteiger partial charge >= 0.3 is 12.1 Å². The van der Waals surface area contributed by atoms with Gasteiger partial charge in [0, 0.05) is 0 Å². The standard InChI is InChI=1S/C20H19F3O2/c1-19(2,3)15-10-8-13(9-11-15)17(20(21,22)23)12-14-6-4-5-7-16(14)18(24)25/h4-12H,1-3H3,(H,24,25). The SMILES string of the molecule is CC(C)(C)c1ccc(C(=Cc2ccccc2C(=O)O)C(F)(F)F)cc1. The second-order valence-corrected chi connectivity index (χ2v) is 6.78. The Hall–Kier alpha value is -2.56. The van der Waals surface area contributed by atoms with Gasteiger partial charge in [-0.15, -0.1) is 0 Å². The molecule has 0 aromatic heterocycles. The molecule has 2 nitrogen and oxygen atoms in total. The van der Waals surface area contributed by atoms with E-state index in [0.29, 0.717) is 0 Å². The smallest absolute Gasteiger partial charge is 0.417 e. The maximum absolute atomic E-state index is 13.5. The molecule has 2 aromatic rings. The summed E-state index contributed by atoms with van der Waals surface area (Å²) in [4.78, 5) is 11.2. The lowest BCUT2D eigenvalue weighted by molar-refractivity contribution is -0.0683. The number of benzene rings is 2. The monoisotopic (exact) mass is 348 g/mol. The number of carboxylic acids is 1. The first-order chi connectivity index (χ1) is 11.5. The lowest BCUT2D eigenvalue weighted by atomic mass is 9.86. The minimum absolute atomic E-state index is 0.000641. The molecular formula is C20H19F3O2. The second-order valence-electron chi connectivity index (χ2n) is 6.78. The number of allylic oxidation sites excluding steroid dienone is 1. The van der Waals surface area contributed by atoms with E-state index in [0.717, 1.165) is 11.6 Å². The van der Waals surface area contributed by atoms with Gasteiger partial charge in [0.1, 0.15) is 0 Å². The molecule has 0 atom stereocenters. The highest BCUT2D eigenvalue weighted by atomic mass is 19.4. The number of halogens is 3. The number of carboxylic acid groups (broad SMARTS) is 1. The summed E-state index contributed by atoms with van der Waals surface area (Å²) in [7, 11) is 0. The topological polar surface area (TPSA) is 37.3 Å². The fraction of sp³-hybridized carbons (Fsp3) is 0.250. The van der Waals surface area contributed by atoms with E-state index in [1.54, 1.807) is 12.1 Å². The van der Waals surface area contributed by atoms with Crippen LogP contribution in [0.3, 0.4) is 0 Å². The highest BCUT2D eigenvalue weighted by molar-refractivity contribution is 5.95. The molecule has 0 amide bonds. The number of hydrogen-bond acceptors (Lipinski definition) is 1. The molecular weight excluding hydrogens is 329 g/mol. The van der Waals surface area contributed by atoms with E-state index in [2.05, 4.69) is 0 Å². The van der Waals surface area contributed by atoms with Crippen molar-refractivity contribution in [3.8, 4) is 0 Å². The van der Waals surface area contributed by atoms with Gasteiger partial charge in [0.15, 0.2) is 0 Å².